The van der Waals surface area contributed by atoms with Gasteiger partial charge in [-0.25, -0.2) is 4.79 Å². The summed E-state index contributed by atoms with van der Waals surface area (Å²) in [5.74, 6) is 0. The van der Waals surface area contributed by atoms with Gasteiger partial charge in [0.05, 0.1) is 16.7 Å². The zero-order valence-electron chi connectivity index (χ0n) is 14.5. The number of piperidine rings is 1. The van der Waals surface area contributed by atoms with Crippen molar-refractivity contribution in [1.29, 1.82) is 5.26 Å². The molecule has 1 aliphatic rings. The van der Waals surface area contributed by atoms with E-state index in [4.69, 9.17) is 10.5 Å². The molecule has 0 aliphatic carbocycles. The quantitative estimate of drug-likeness (QED) is 0.747. The molecule has 0 aromatic carbocycles. The molecule has 1 rings (SSSR count). The van der Waals surface area contributed by atoms with Gasteiger partial charge in [-0.15, -0.1) is 11.8 Å². The fourth-order valence-electron chi connectivity index (χ4n) is 2.55. The fraction of sp³-hybridized carbons (Fsp3) is 0.750. The molecule has 0 saturated carbocycles. The van der Waals surface area contributed by atoms with Gasteiger partial charge in [-0.1, -0.05) is 0 Å². The number of alkyl carbamates (subject to hydrolysis) is 1. The van der Waals surface area contributed by atoms with E-state index >= 15 is 0 Å². The van der Waals surface area contributed by atoms with Crippen LogP contribution in [0.25, 0.3) is 0 Å². The first-order valence-corrected chi connectivity index (χ1v) is 9.15. The van der Waals surface area contributed by atoms with Crippen LogP contribution in [0.3, 0.4) is 0 Å². The summed E-state index contributed by atoms with van der Waals surface area (Å²) in [4.78, 5) is 14.1. The third-order valence-electron chi connectivity index (χ3n) is 3.41. The van der Waals surface area contributed by atoms with Crippen molar-refractivity contribution < 1.29 is 9.53 Å². The molecular formula is C16H28N4O2S. The largest absolute Gasteiger partial charge is 0.444 e. The Morgan fingerprint density at radius 2 is 2.22 bits per heavy atom. The molecule has 0 aromatic heterocycles. The molecule has 1 heterocycles. The molecule has 6 nitrogen and oxygen atoms in total. The highest BCUT2D eigenvalue weighted by Gasteiger charge is 2.26. The number of nitriles is 1. The zero-order valence-corrected chi connectivity index (χ0v) is 15.3. The summed E-state index contributed by atoms with van der Waals surface area (Å²) in [6, 6.07) is 2.29. The van der Waals surface area contributed by atoms with E-state index in [2.05, 4.69) is 16.3 Å². The topological polar surface area (TPSA) is 91.4 Å². The lowest BCUT2D eigenvalue weighted by Gasteiger charge is -2.36. The number of ether oxygens (including phenoxy) is 1. The summed E-state index contributed by atoms with van der Waals surface area (Å²) in [7, 11) is 0. The Hall–Kier alpha value is -1.39. The zero-order chi connectivity index (χ0) is 17.5. The number of carbonyl (C=O) groups excluding carboxylic acids is 1. The Bertz CT molecular complexity index is 479. The monoisotopic (exact) mass is 340 g/mol. The maximum absolute atomic E-state index is 11.9. The minimum absolute atomic E-state index is 0.0265. The molecule has 1 saturated heterocycles. The Labute approximate surface area is 143 Å². The van der Waals surface area contributed by atoms with Crippen LogP contribution in [0, 0.1) is 11.3 Å². The lowest BCUT2D eigenvalue weighted by atomic mass is 10.1. The van der Waals surface area contributed by atoms with Crippen LogP contribution in [0.5, 0.6) is 0 Å². The molecule has 1 fully saturated rings. The highest BCUT2D eigenvalue weighted by atomic mass is 32.2. The van der Waals surface area contributed by atoms with Crippen LogP contribution in [0.1, 0.15) is 40.0 Å². The predicted octanol–water partition coefficient (Wildman–Crippen LogP) is 2.42. The first kappa shape index (κ1) is 19.7. The SMILES string of the molecule is CS/C(=C(/C#N)CCN)N1CCCC(NC(=O)OC(C)(C)C)C1. The summed E-state index contributed by atoms with van der Waals surface area (Å²) < 4.78 is 5.32. The standard InChI is InChI=1S/C16H28N4O2S/c1-16(2,3)22-15(21)19-13-6-5-9-20(11-13)14(23-4)12(10-18)7-8-17/h13H,5-9,11,17H2,1-4H3,(H,19,21)/b14-12+. The van der Waals surface area contributed by atoms with Crippen molar-refractivity contribution in [3.8, 4) is 6.07 Å². The van der Waals surface area contributed by atoms with Crippen molar-refractivity contribution in [3.05, 3.63) is 10.6 Å². The van der Waals surface area contributed by atoms with E-state index in [1.807, 2.05) is 27.0 Å². The van der Waals surface area contributed by atoms with E-state index in [0.717, 1.165) is 30.0 Å². The van der Waals surface area contributed by atoms with Crippen molar-refractivity contribution in [1.82, 2.24) is 10.2 Å². The predicted molar refractivity (Wildman–Crippen MR) is 93.8 cm³/mol. The van der Waals surface area contributed by atoms with Gasteiger partial charge >= 0.3 is 6.09 Å². The Morgan fingerprint density at radius 1 is 1.52 bits per heavy atom. The summed E-state index contributed by atoms with van der Waals surface area (Å²) in [5.41, 5.74) is 5.81. The number of thioether (sulfide) groups is 1. The maximum atomic E-state index is 11.9. The second-order valence-electron chi connectivity index (χ2n) is 6.57. The lowest BCUT2D eigenvalue weighted by Crippen LogP contribution is -2.48. The molecular weight excluding hydrogens is 312 g/mol. The highest BCUT2D eigenvalue weighted by molar-refractivity contribution is 8.02. The fourth-order valence-corrected chi connectivity index (χ4v) is 3.37. The molecule has 0 aromatic rings. The average molecular weight is 340 g/mol. The molecule has 23 heavy (non-hydrogen) atoms. The summed E-state index contributed by atoms with van der Waals surface area (Å²) in [5, 5.41) is 13.2. The van der Waals surface area contributed by atoms with Crippen LogP contribution in [-0.4, -0.2) is 48.5 Å². The molecule has 3 N–H and O–H groups in total. The van der Waals surface area contributed by atoms with E-state index in [1.165, 1.54) is 0 Å². The highest BCUT2D eigenvalue weighted by Crippen LogP contribution is 2.26. The van der Waals surface area contributed by atoms with Gasteiger partial charge in [0.2, 0.25) is 0 Å². The lowest BCUT2D eigenvalue weighted by molar-refractivity contribution is 0.0482. The molecule has 1 unspecified atom stereocenters. The van der Waals surface area contributed by atoms with Gasteiger partial charge in [0.15, 0.2) is 0 Å². The van der Waals surface area contributed by atoms with Gasteiger partial charge in [0.25, 0.3) is 0 Å². The molecule has 1 amide bonds. The van der Waals surface area contributed by atoms with Crippen LogP contribution in [0.4, 0.5) is 4.79 Å². The van der Waals surface area contributed by atoms with Gasteiger partial charge in [0.1, 0.15) is 5.60 Å². The number of carbonyl (C=O) groups is 1. The van der Waals surface area contributed by atoms with Crippen molar-refractivity contribution in [2.45, 2.75) is 51.7 Å². The van der Waals surface area contributed by atoms with E-state index in [9.17, 15) is 10.1 Å². The van der Waals surface area contributed by atoms with E-state index in [1.54, 1.807) is 11.8 Å². The number of hydrogen-bond donors (Lipinski definition) is 2. The molecule has 130 valence electrons. The number of amides is 1. The number of rotatable bonds is 5. The number of nitrogens with one attached hydrogen (secondary N) is 1. The summed E-state index contributed by atoms with van der Waals surface area (Å²) in [6.07, 6.45) is 4.03. The van der Waals surface area contributed by atoms with Gasteiger partial charge in [-0.05, 0) is 52.8 Å². The van der Waals surface area contributed by atoms with Crippen LogP contribution in [-0.2, 0) is 4.74 Å². The van der Waals surface area contributed by atoms with Crippen molar-refractivity contribution in [2.24, 2.45) is 5.73 Å². The van der Waals surface area contributed by atoms with Crippen LogP contribution in [0.15, 0.2) is 10.6 Å². The Morgan fingerprint density at radius 3 is 2.74 bits per heavy atom. The van der Waals surface area contributed by atoms with Crippen molar-refractivity contribution >= 4 is 17.9 Å². The van der Waals surface area contributed by atoms with Gasteiger partial charge in [0, 0.05) is 19.1 Å². The van der Waals surface area contributed by atoms with E-state index in [-0.39, 0.29) is 12.1 Å². The average Bonchev–Trinajstić information content (AvgIpc) is 2.45. The Kier molecular flexibility index (Phi) is 7.73. The van der Waals surface area contributed by atoms with Crippen molar-refractivity contribution in [3.63, 3.8) is 0 Å². The Balaban J connectivity index is 2.73. The third-order valence-corrected chi connectivity index (χ3v) is 4.30. The van der Waals surface area contributed by atoms with Gasteiger partial charge in [-0.3, -0.25) is 0 Å². The molecule has 1 atom stereocenters. The molecule has 0 bridgehead atoms. The number of nitrogens with two attached hydrogens (primary N) is 1. The van der Waals surface area contributed by atoms with Crippen molar-refractivity contribution in [2.75, 3.05) is 25.9 Å². The number of hydrogen-bond acceptors (Lipinski definition) is 6. The molecule has 0 spiro atoms. The first-order chi connectivity index (χ1) is 10.8. The minimum atomic E-state index is -0.502. The van der Waals surface area contributed by atoms with E-state index < -0.39 is 5.60 Å². The smallest absolute Gasteiger partial charge is 0.407 e. The molecule has 0 radical (unpaired) electrons. The summed E-state index contributed by atoms with van der Waals surface area (Å²) >= 11 is 1.56. The maximum Gasteiger partial charge on any atom is 0.407 e. The molecule has 1 aliphatic heterocycles. The van der Waals surface area contributed by atoms with Crippen LogP contribution in [0.2, 0.25) is 0 Å². The normalized spacial score (nSPS) is 19.7. The minimum Gasteiger partial charge on any atom is -0.444 e. The first-order valence-electron chi connectivity index (χ1n) is 7.92. The number of nitrogens with zero attached hydrogens (tertiary/aromatic N) is 2. The molecule has 7 heteroatoms. The van der Waals surface area contributed by atoms with Crippen LogP contribution >= 0.6 is 11.8 Å². The summed E-state index contributed by atoms with van der Waals surface area (Å²) in [6.45, 7) is 7.57. The number of likely N-dealkylation sites (tertiary alicyclic amines) is 1. The second-order valence-corrected chi connectivity index (χ2v) is 7.36. The van der Waals surface area contributed by atoms with E-state index in [0.29, 0.717) is 19.5 Å². The third kappa shape index (κ3) is 6.71. The van der Waals surface area contributed by atoms with Gasteiger partial charge < -0.3 is 20.7 Å². The van der Waals surface area contributed by atoms with Gasteiger partial charge in [-0.2, -0.15) is 5.26 Å². The van der Waals surface area contributed by atoms with Crippen LogP contribution < -0.4 is 11.1 Å². The second kappa shape index (κ2) is 9.04.